The van der Waals surface area contributed by atoms with Gasteiger partial charge < -0.3 is 0 Å². The minimum atomic E-state index is 0.339. The maximum absolute atomic E-state index is 2.35. The Morgan fingerprint density at radius 2 is 0.750 bits per heavy atom. The van der Waals surface area contributed by atoms with Gasteiger partial charge in [0.1, 0.15) is 0 Å². The third-order valence-corrected chi connectivity index (χ3v) is 4.37. The quantitative estimate of drug-likeness (QED) is 0.611. The molecule has 114 valence electrons. The second-order valence-electron chi connectivity index (χ2n) is 8.93. The topological polar surface area (TPSA) is 0 Å². The summed E-state index contributed by atoms with van der Waals surface area (Å²) in [5.41, 5.74) is 9.89. The third-order valence-electron chi connectivity index (χ3n) is 4.37. The van der Waals surface area contributed by atoms with Crippen molar-refractivity contribution in [2.75, 3.05) is 0 Å². The molecular weight excluding hydrogens is 240 g/mol. The van der Waals surface area contributed by atoms with Gasteiger partial charge in [-0.05, 0) is 84.7 Å². The summed E-state index contributed by atoms with van der Waals surface area (Å²) in [6.07, 6.45) is 2.35. The molecule has 0 aliphatic heterocycles. The van der Waals surface area contributed by atoms with Crippen LogP contribution in [0.5, 0.6) is 0 Å². The van der Waals surface area contributed by atoms with Gasteiger partial charge in [-0.2, -0.15) is 0 Å². The smallest absolute Gasteiger partial charge is 0.0224 e. The van der Waals surface area contributed by atoms with Crippen LogP contribution in [0.1, 0.15) is 74.9 Å². The van der Waals surface area contributed by atoms with Gasteiger partial charge in [0.15, 0.2) is 0 Å². The van der Waals surface area contributed by atoms with Crippen LogP contribution in [-0.4, -0.2) is 0 Å². The molecule has 0 amide bonds. The first-order valence-electron chi connectivity index (χ1n) is 7.91. The van der Waals surface area contributed by atoms with E-state index in [0.29, 0.717) is 10.8 Å². The summed E-state index contributed by atoms with van der Waals surface area (Å²) in [7, 11) is 0. The number of benzene rings is 1. The molecule has 0 N–H and O–H groups in total. The summed E-state index contributed by atoms with van der Waals surface area (Å²) in [6.45, 7) is 23.3. The van der Waals surface area contributed by atoms with Crippen LogP contribution in [0.2, 0.25) is 0 Å². The predicted octanol–water partition coefficient (Wildman–Crippen LogP) is 6.10. The van der Waals surface area contributed by atoms with E-state index in [1.807, 2.05) is 0 Å². The van der Waals surface area contributed by atoms with Gasteiger partial charge in [-0.3, -0.25) is 0 Å². The molecule has 1 aromatic carbocycles. The van der Waals surface area contributed by atoms with Gasteiger partial charge in [0, 0.05) is 0 Å². The molecule has 0 nitrogen and oxygen atoms in total. The van der Waals surface area contributed by atoms with E-state index < -0.39 is 0 Å². The lowest BCUT2D eigenvalue weighted by Gasteiger charge is -2.29. The Bertz CT molecular complexity index is 443. The monoisotopic (exact) mass is 274 g/mol. The molecule has 0 aromatic heterocycles. The van der Waals surface area contributed by atoms with E-state index in [1.165, 1.54) is 35.1 Å². The maximum atomic E-state index is 2.35. The van der Waals surface area contributed by atoms with Crippen LogP contribution >= 0.6 is 0 Å². The minimum absolute atomic E-state index is 0.339. The molecule has 0 spiro atoms. The molecule has 0 radical (unpaired) electrons. The highest BCUT2D eigenvalue weighted by atomic mass is 14.3. The molecule has 0 heteroatoms. The highest BCUT2D eigenvalue weighted by molar-refractivity contribution is 5.50. The maximum Gasteiger partial charge on any atom is -0.0224 e. The van der Waals surface area contributed by atoms with Crippen LogP contribution in [0.3, 0.4) is 0 Å². The second kappa shape index (κ2) is 5.54. The van der Waals surface area contributed by atoms with Gasteiger partial charge in [0.25, 0.3) is 0 Å². The number of rotatable bonds is 2. The van der Waals surface area contributed by atoms with Crippen molar-refractivity contribution in [3.8, 4) is 0 Å². The van der Waals surface area contributed by atoms with E-state index in [-0.39, 0.29) is 0 Å². The summed E-state index contributed by atoms with van der Waals surface area (Å²) >= 11 is 0. The largest absolute Gasteiger partial charge is 0.0599 e. The molecule has 0 aliphatic carbocycles. The molecular formula is C20H34. The molecule has 20 heavy (non-hydrogen) atoms. The summed E-state index contributed by atoms with van der Waals surface area (Å²) in [5, 5.41) is 0. The normalized spacial score (nSPS) is 12.9. The standard InChI is InChI=1S/C20H34/c1-13-14(2)16(4)18(12-20(8,9)10)17(15(13)3)11-19(5,6)7/h11-12H2,1-10H3. The van der Waals surface area contributed by atoms with Crippen LogP contribution in [0.25, 0.3) is 0 Å². The molecule has 0 saturated heterocycles. The van der Waals surface area contributed by atoms with Gasteiger partial charge in [0.2, 0.25) is 0 Å². The lowest BCUT2D eigenvalue weighted by molar-refractivity contribution is 0.390. The molecule has 0 unspecified atom stereocenters. The van der Waals surface area contributed by atoms with Gasteiger partial charge in [-0.1, -0.05) is 41.5 Å². The second-order valence-corrected chi connectivity index (χ2v) is 8.93. The summed E-state index contributed by atoms with van der Waals surface area (Å²) in [6, 6.07) is 0. The highest BCUT2D eigenvalue weighted by Gasteiger charge is 2.23. The third kappa shape index (κ3) is 4.11. The SMILES string of the molecule is Cc1c(C)c(C)c(CC(C)(C)C)c(CC(C)(C)C)c1C. The fraction of sp³-hybridized carbons (Fsp3) is 0.700. The van der Waals surface area contributed by atoms with Crippen LogP contribution in [0, 0.1) is 38.5 Å². The molecule has 1 aromatic rings. The van der Waals surface area contributed by atoms with Crippen molar-refractivity contribution < 1.29 is 0 Å². The van der Waals surface area contributed by atoms with Gasteiger partial charge >= 0.3 is 0 Å². The van der Waals surface area contributed by atoms with Crippen molar-refractivity contribution in [2.24, 2.45) is 10.8 Å². The van der Waals surface area contributed by atoms with Crippen molar-refractivity contribution >= 4 is 0 Å². The van der Waals surface area contributed by atoms with Crippen LogP contribution < -0.4 is 0 Å². The molecule has 0 aliphatic rings. The number of hydrogen-bond acceptors (Lipinski definition) is 0. The zero-order valence-corrected chi connectivity index (χ0v) is 15.4. The van der Waals surface area contributed by atoms with E-state index in [9.17, 15) is 0 Å². The summed E-state index contributed by atoms with van der Waals surface area (Å²) < 4.78 is 0. The van der Waals surface area contributed by atoms with Gasteiger partial charge in [-0.25, -0.2) is 0 Å². The first kappa shape index (κ1) is 17.3. The molecule has 0 bridgehead atoms. The van der Waals surface area contributed by atoms with Crippen molar-refractivity contribution in [1.82, 2.24) is 0 Å². The van der Waals surface area contributed by atoms with Crippen molar-refractivity contribution in [3.63, 3.8) is 0 Å². The van der Waals surface area contributed by atoms with Gasteiger partial charge in [-0.15, -0.1) is 0 Å². The zero-order chi connectivity index (χ0) is 15.9. The van der Waals surface area contributed by atoms with Crippen LogP contribution in [0.4, 0.5) is 0 Å². The van der Waals surface area contributed by atoms with Crippen molar-refractivity contribution in [3.05, 3.63) is 33.4 Å². The van der Waals surface area contributed by atoms with Crippen molar-refractivity contribution in [1.29, 1.82) is 0 Å². The molecule has 0 saturated carbocycles. The lowest BCUT2D eigenvalue weighted by atomic mass is 9.76. The first-order chi connectivity index (χ1) is 8.83. The first-order valence-corrected chi connectivity index (χ1v) is 7.91. The van der Waals surface area contributed by atoms with E-state index >= 15 is 0 Å². The Kier molecular flexibility index (Phi) is 4.79. The van der Waals surface area contributed by atoms with Crippen LogP contribution in [-0.2, 0) is 12.8 Å². The Morgan fingerprint density at radius 1 is 0.500 bits per heavy atom. The molecule has 1 rings (SSSR count). The van der Waals surface area contributed by atoms with E-state index in [0.717, 1.165) is 0 Å². The lowest BCUT2D eigenvalue weighted by Crippen LogP contribution is -2.19. The molecule has 0 fully saturated rings. The molecule has 0 atom stereocenters. The van der Waals surface area contributed by atoms with Crippen molar-refractivity contribution in [2.45, 2.75) is 82.1 Å². The fourth-order valence-electron chi connectivity index (χ4n) is 3.01. The Hall–Kier alpha value is -0.780. The average Bonchev–Trinajstić information content (AvgIpc) is 2.25. The van der Waals surface area contributed by atoms with Crippen LogP contribution in [0.15, 0.2) is 0 Å². The minimum Gasteiger partial charge on any atom is -0.0599 e. The zero-order valence-electron chi connectivity index (χ0n) is 15.4. The van der Waals surface area contributed by atoms with Gasteiger partial charge in [0.05, 0.1) is 0 Å². The van der Waals surface area contributed by atoms with E-state index in [2.05, 4.69) is 69.2 Å². The number of hydrogen-bond donors (Lipinski definition) is 0. The highest BCUT2D eigenvalue weighted by Crippen LogP contribution is 2.35. The average molecular weight is 274 g/mol. The Morgan fingerprint density at radius 3 is 0.950 bits per heavy atom. The van der Waals surface area contributed by atoms with E-state index in [1.54, 1.807) is 11.1 Å². The summed E-state index contributed by atoms with van der Waals surface area (Å²) in [5.74, 6) is 0. The Labute approximate surface area is 127 Å². The fourth-order valence-corrected chi connectivity index (χ4v) is 3.01. The molecule has 0 heterocycles. The predicted molar refractivity (Wildman–Crippen MR) is 91.7 cm³/mol. The van der Waals surface area contributed by atoms with E-state index in [4.69, 9.17) is 0 Å². The summed E-state index contributed by atoms with van der Waals surface area (Å²) in [4.78, 5) is 0. The Balaban J connectivity index is 3.52.